The van der Waals surface area contributed by atoms with E-state index in [1.807, 2.05) is 0 Å². The van der Waals surface area contributed by atoms with Crippen LogP contribution in [0, 0.1) is 0 Å². The third-order valence-electron chi connectivity index (χ3n) is 6.20. The van der Waals surface area contributed by atoms with Gasteiger partial charge in [-0.15, -0.1) is 0 Å². The van der Waals surface area contributed by atoms with Crippen LogP contribution in [0.4, 0.5) is 0 Å². The summed E-state index contributed by atoms with van der Waals surface area (Å²) in [6, 6.07) is 0. The number of aliphatic hydroxyl groups is 3. The number of allylic oxidation sites excluding steroid dienone is 2. The minimum Gasteiger partial charge on any atom is -0.394 e. The van der Waals surface area contributed by atoms with Gasteiger partial charge in [0.05, 0.1) is 13.2 Å². The molecule has 31 heavy (non-hydrogen) atoms. The molecule has 0 unspecified atom stereocenters. The summed E-state index contributed by atoms with van der Waals surface area (Å²) in [5, 5.41) is 28.7. The van der Waals surface area contributed by atoms with E-state index >= 15 is 0 Å². The monoisotopic (exact) mass is 442 g/mol. The van der Waals surface area contributed by atoms with Gasteiger partial charge in [0, 0.05) is 6.61 Å². The molecule has 1 saturated heterocycles. The lowest BCUT2D eigenvalue weighted by atomic mass is 10.1. The Morgan fingerprint density at radius 1 is 0.839 bits per heavy atom. The zero-order chi connectivity index (χ0) is 22.6. The predicted octanol–water partition coefficient (Wildman–Crippen LogP) is 5.30. The molecule has 5 heteroatoms. The van der Waals surface area contributed by atoms with Gasteiger partial charge in [0.25, 0.3) is 0 Å². The van der Waals surface area contributed by atoms with Crippen molar-refractivity contribution in [2.45, 2.75) is 134 Å². The lowest BCUT2D eigenvalue weighted by Gasteiger charge is -2.23. The Hall–Kier alpha value is -0.460. The zero-order valence-corrected chi connectivity index (χ0v) is 20.1. The average Bonchev–Trinajstić information content (AvgIpc) is 3.15. The molecule has 0 saturated carbocycles. The highest BCUT2D eigenvalue weighted by molar-refractivity contribution is 4.89. The smallest absolute Gasteiger partial charge is 0.114 e. The molecule has 0 aromatic heterocycles. The SMILES string of the molecule is CCCCCC/C=C/CCCCCCCCCCCCO[C@H]1[C@@H]([C@@H](O)CO)OC[C@H]1O. The molecule has 0 amide bonds. The fourth-order valence-electron chi connectivity index (χ4n) is 4.18. The van der Waals surface area contributed by atoms with Crippen molar-refractivity contribution in [2.24, 2.45) is 0 Å². The van der Waals surface area contributed by atoms with Gasteiger partial charge in [-0.2, -0.15) is 0 Å². The molecule has 1 rings (SSSR count). The van der Waals surface area contributed by atoms with Crippen molar-refractivity contribution in [1.82, 2.24) is 0 Å². The molecule has 0 radical (unpaired) electrons. The Kier molecular flexibility index (Phi) is 18.6. The Morgan fingerprint density at radius 3 is 1.90 bits per heavy atom. The lowest BCUT2D eigenvalue weighted by molar-refractivity contribution is -0.0938. The number of unbranched alkanes of at least 4 members (excludes halogenated alkanes) is 14. The topological polar surface area (TPSA) is 79.2 Å². The quantitative estimate of drug-likeness (QED) is 0.166. The Balaban J connectivity index is 1.82. The third kappa shape index (κ3) is 14.3. The maximum Gasteiger partial charge on any atom is 0.114 e. The number of hydrogen-bond donors (Lipinski definition) is 3. The predicted molar refractivity (Wildman–Crippen MR) is 127 cm³/mol. The largest absolute Gasteiger partial charge is 0.394 e. The Labute approximate surface area is 191 Å². The van der Waals surface area contributed by atoms with Crippen LogP contribution in [-0.4, -0.2) is 59.6 Å². The fraction of sp³-hybridized carbons (Fsp3) is 0.923. The van der Waals surface area contributed by atoms with Crippen molar-refractivity contribution in [1.29, 1.82) is 0 Å². The van der Waals surface area contributed by atoms with Crippen molar-refractivity contribution in [3.63, 3.8) is 0 Å². The highest BCUT2D eigenvalue weighted by atomic mass is 16.6. The first-order chi connectivity index (χ1) is 15.2. The standard InChI is InChI=1S/C26H50O5/c1-2-3-4-5-6-7-8-9-10-11-12-13-14-15-16-17-18-19-20-30-26-24(29)22-31-25(26)23(28)21-27/h7-8,23-29H,2-6,9-22H2,1H3/b8-7+/t23-,24+,25+,26+/m0/s1. The number of hydrogen-bond acceptors (Lipinski definition) is 5. The summed E-state index contributed by atoms with van der Waals surface area (Å²) < 4.78 is 11.1. The van der Waals surface area contributed by atoms with E-state index in [0.717, 1.165) is 12.8 Å². The second-order valence-corrected chi connectivity index (χ2v) is 9.10. The summed E-state index contributed by atoms with van der Waals surface area (Å²) in [4.78, 5) is 0. The van der Waals surface area contributed by atoms with E-state index in [9.17, 15) is 10.2 Å². The maximum absolute atomic E-state index is 9.91. The maximum atomic E-state index is 9.91. The molecule has 3 N–H and O–H groups in total. The summed E-state index contributed by atoms with van der Waals surface area (Å²) in [6.07, 6.45) is 22.5. The van der Waals surface area contributed by atoms with Crippen LogP contribution in [0.1, 0.15) is 110 Å². The molecule has 184 valence electrons. The van der Waals surface area contributed by atoms with Gasteiger partial charge in [-0.05, 0) is 32.1 Å². The lowest BCUT2D eigenvalue weighted by Crippen LogP contribution is -2.42. The van der Waals surface area contributed by atoms with Crippen molar-refractivity contribution >= 4 is 0 Å². The average molecular weight is 443 g/mol. The Morgan fingerprint density at radius 2 is 1.35 bits per heavy atom. The van der Waals surface area contributed by atoms with E-state index < -0.39 is 24.4 Å². The van der Waals surface area contributed by atoms with E-state index in [1.165, 1.54) is 89.9 Å². The molecule has 0 aliphatic carbocycles. The summed E-state index contributed by atoms with van der Waals surface area (Å²) in [6.45, 7) is 2.60. The molecule has 1 aliphatic rings. The van der Waals surface area contributed by atoms with Crippen LogP contribution in [0.25, 0.3) is 0 Å². The summed E-state index contributed by atoms with van der Waals surface area (Å²) in [5.74, 6) is 0. The highest BCUT2D eigenvalue weighted by Gasteiger charge is 2.40. The summed E-state index contributed by atoms with van der Waals surface area (Å²) in [5.41, 5.74) is 0. The molecule has 4 atom stereocenters. The van der Waals surface area contributed by atoms with Gasteiger partial charge in [-0.1, -0.05) is 89.7 Å². The molecule has 1 fully saturated rings. The number of ether oxygens (including phenoxy) is 2. The van der Waals surface area contributed by atoms with Crippen molar-refractivity contribution in [3.8, 4) is 0 Å². The van der Waals surface area contributed by atoms with E-state index in [4.69, 9.17) is 14.6 Å². The molecule has 0 spiro atoms. The summed E-state index contributed by atoms with van der Waals surface area (Å²) in [7, 11) is 0. The van der Waals surface area contributed by atoms with Gasteiger partial charge in [-0.25, -0.2) is 0 Å². The van der Waals surface area contributed by atoms with Crippen molar-refractivity contribution in [3.05, 3.63) is 12.2 Å². The van der Waals surface area contributed by atoms with E-state index in [-0.39, 0.29) is 13.2 Å². The molecule has 1 heterocycles. The third-order valence-corrected chi connectivity index (χ3v) is 6.20. The Bertz CT molecular complexity index is 415. The second kappa shape index (κ2) is 20.2. The van der Waals surface area contributed by atoms with Crippen LogP contribution in [0.3, 0.4) is 0 Å². The molecule has 5 nitrogen and oxygen atoms in total. The molecule has 0 bridgehead atoms. The van der Waals surface area contributed by atoms with E-state index in [1.54, 1.807) is 0 Å². The zero-order valence-electron chi connectivity index (χ0n) is 20.1. The van der Waals surface area contributed by atoms with Crippen LogP contribution in [-0.2, 0) is 9.47 Å². The first-order valence-electron chi connectivity index (χ1n) is 13.1. The minimum atomic E-state index is -1.00. The van der Waals surface area contributed by atoms with E-state index in [0.29, 0.717) is 6.61 Å². The fourth-order valence-corrected chi connectivity index (χ4v) is 4.18. The molecular weight excluding hydrogens is 392 g/mol. The van der Waals surface area contributed by atoms with Gasteiger partial charge in [-0.3, -0.25) is 0 Å². The van der Waals surface area contributed by atoms with Crippen molar-refractivity contribution < 1.29 is 24.8 Å². The van der Waals surface area contributed by atoms with Crippen LogP contribution in [0.15, 0.2) is 12.2 Å². The molecular formula is C26H50O5. The molecule has 0 aromatic rings. The van der Waals surface area contributed by atoms with Crippen molar-refractivity contribution in [2.75, 3.05) is 19.8 Å². The van der Waals surface area contributed by atoms with Gasteiger partial charge in [0.2, 0.25) is 0 Å². The van der Waals surface area contributed by atoms with Crippen LogP contribution in [0.2, 0.25) is 0 Å². The van der Waals surface area contributed by atoms with E-state index in [2.05, 4.69) is 19.1 Å². The first kappa shape index (κ1) is 28.6. The number of rotatable bonds is 21. The summed E-state index contributed by atoms with van der Waals surface area (Å²) >= 11 is 0. The van der Waals surface area contributed by atoms with Crippen LogP contribution in [0.5, 0.6) is 0 Å². The molecule has 1 aliphatic heterocycles. The van der Waals surface area contributed by atoms with Crippen LogP contribution >= 0.6 is 0 Å². The van der Waals surface area contributed by atoms with Gasteiger partial charge < -0.3 is 24.8 Å². The van der Waals surface area contributed by atoms with Gasteiger partial charge in [0.15, 0.2) is 0 Å². The molecule has 0 aromatic carbocycles. The first-order valence-corrected chi connectivity index (χ1v) is 13.1. The number of aliphatic hydroxyl groups excluding tert-OH is 3. The highest BCUT2D eigenvalue weighted by Crippen LogP contribution is 2.21. The minimum absolute atomic E-state index is 0.155. The van der Waals surface area contributed by atoms with Crippen LogP contribution < -0.4 is 0 Å². The van der Waals surface area contributed by atoms with Gasteiger partial charge in [0.1, 0.15) is 24.4 Å². The van der Waals surface area contributed by atoms with Gasteiger partial charge >= 0.3 is 0 Å². The normalized spacial score (nSPS) is 22.5. The second-order valence-electron chi connectivity index (χ2n) is 9.10.